The Hall–Kier alpha value is -2.82. The summed E-state index contributed by atoms with van der Waals surface area (Å²) in [7, 11) is 0. The largest absolute Gasteiger partial charge is 0.436 e. The molecule has 3 aromatic rings. The van der Waals surface area contributed by atoms with Crippen LogP contribution in [0.5, 0.6) is 0 Å². The van der Waals surface area contributed by atoms with Gasteiger partial charge in [-0.25, -0.2) is 4.98 Å². The van der Waals surface area contributed by atoms with Crippen molar-refractivity contribution in [2.45, 2.75) is 0 Å². The van der Waals surface area contributed by atoms with Crippen molar-refractivity contribution in [3.63, 3.8) is 0 Å². The average Bonchev–Trinajstić information content (AvgIpc) is 2.81. The molecule has 2 aromatic carbocycles. The highest BCUT2D eigenvalue weighted by molar-refractivity contribution is 5.93. The number of carbonyl (C=O) groups is 1. The van der Waals surface area contributed by atoms with Crippen LogP contribution in [-0.2, 0) is 0 Å². The van der Waals surface area contributed by atoms with Gasteiger partial charge in [0.1, 0.15) is 5.52 Å². The summed E-state index contributed by atoms with van der Waals surface area (Å²) in [6.45, 7) is 0. The van der Waals surface area contributed by atoms with E-state index in [0.29, 0.717) is 28.2 Å². The zero-order chi connectivity index (χ0) is 13.4. The van der Waals surface area contributed by atoms with Gasteiger partial charge in [0, 0.05) is 16.8 Å². The van der Waals surface area contributed by atoms with Crippen LogP contribution in [0, 0.1) is 0 Å². The number of hydrogen-bond donors (Lipinski definition) is 2. The van der Waals surface area contributed by atoms with Crippen molar-refractivity contribution >= 4 is 22.7 Å². The van der Waals surface area contributed by atoms with E-state index in [2.05, 4.69) is 4.98 Å². The maximum atomic E-state index is 11.0. The van der Waals surface area contributed by atoms with Crippen LogP contribution in [0.4, 0.5) is 5.69 Å². The molecule has 0 bridgehead atoms. The van der Waals surface area contributed by atoms with Crippen LogP contribution < -0.4 is 11.5 Å². The molecule has 1 aromatic heterocycles. The SMILES string of the molecule is NC(=O)c1ccc(-c2nc3cc(N)ccc3o2)cc1. The molecular formula is C14H11N3O2. The first kappa shape index (κ1) is 11.3. The fraction of sp³-hybridized carbons (Fsp3) is 0. The van der Waals surface area contributed by atoms with Gasteiger partial charge in [-0.05, 0) is 42.5 Å². The summed E-state index contributed by atoms with van der Waals surface area (Å²) in [5, 5.41) is 0. The Labute approximate surface area is 108 Å². The number of anilines is 1. The molecule has 0 aliphatic rings. The second kappa shape index (κ2) is 4.13. The molecule has 5 nitrogen and oxygen atoms in total. The van der Waals surface area contributed by atoms with Crippen molar-refractivity contribution < 1.29 is 9.21 Å². The molecule has 0 aliphatic heterocycles. The summed E-state index contributed by atoms with van der Waals surface area (Å²) in [4.78, 5) is 15.4. The fourth-order valence-electron chi connectivity index (χ4n) is 1.85. The van der Waals surface area contributed by atoms with E-state index in [4.69, 9.17) is 15.9 Å². The highest BCUT2D eigenvalue weighted by atomic mass is 16.3. The zero-order valence-electron chi connectivity index (χ0n) is 9.96. The van der Waals surface area contributed by atoms with Gasteiger partial charge in [-0.3, -0.25) is 4.79 Å². The van der Waals surface area contributed by atoms with Crippen molar-refractivity contribution in [2.75, 3.05) is 5.73 Å². The van der Waals surface area contributed by atoms with Crippen molar-refractivity contribution in [1.82, 2.24) is 4.98 Å². The van der Waals surface area contributed by atoms with Gasteiger partial charge in [-0.1, -0.05) is 0 Å². The summed E-state index contributed by atoms with van der Waals surface area (Å²) in [5.74, 6) is 0.0218. The molecular weight excluding hydrogens is 242 g/mol. The molecule has 0 saturated heterocycles. The molecule has 0 aliphatic carbocycles. The number of nitrogens with zero attached hydrogens (tertiary/aromatic N) is 1. The number of nitrogen functional groups attached to an aromatic ring is 1. The van der Waals surface area contributed by atoms with Crippen LogP contribution in [-0.4, -0.2) is 10.9 Å². The van der Waals surface area contributed by atoms with Gasteiger partial charge < -0.3 is 15.9 Å². The van der Waals surface area contributed by atoms with Crippen LogP contribution in [0.1, 0.15) is 10.4 Å². The van der Waals surface area contributed by atoms with E-state index in [1.807, 2.05) is 0 Å². The Bertz CT molecular complexity index is 760. The lowest BCUT2D eigenvalue weighted by Gasteiger charge is -1.97. The number of amides is 1. The number of primary amides is 1. The molecule has 0 fully saturated rings. The van der Waals surface area contributed by atoms with Gasteiger partial charge in [0.25, 0.3) is 0 Å². The van der Waals surface area contributed by atoms with E-state index in [-0.39, 0.29) is 0 Å². The van der Waals surface area contributed by atoms with E-state index < -0.39 is 5.91 Å². The Balaban J connectivity index is 2.06. The Morgan fingerprint density at radius 3 is 2.53 bits per heavy atom. The number of benzene rings is 2. The fourth-order valence-corrected chi connectivity index (χ4v) is 1.85. The van der Waals surface area contributed by atoms with E-state index in [9.17, 15) is 4.79 Å². The minimum absolute atomic E-state index is 0.448. The van der Waals surface area contributed by atoms with Crippen LogP contribution in [0.2, 0.25) is 0 Å². The summed E-state index contributed by atoms with van der Waals surface area (Å²) in [6, 6.07) is 12.1. The first-order valence-electron chi connectivity index (χ1n) is 5.70. The second-order valence-corrected chi connectivity index (χ2v) is 4.19. The summed E-state index contributed by atoms with van der Waals surface area (Å²) in [6.07, 6.45) is 0. The third kappa shape index (κ3) is 2.01. The minimum Gasteiger partial charge on any atom is -0.436 e. The second-order valence-electron chi connectivity index (χ2n) is 4.19. The maximum Gasteiger partial charge on any atom is 0.248 e. The highest BCUT2D eigenvalue weighted by Crippen LogP contribution is 2.25. The maximum absolute atomic E-state index is 11.0. The average molecular weight is 253 g/mol. The number of hydrogen-bond acceptors (Lipinski definition) is 4. The van der Waals surface area contributed by atoms with Crippen molar-refractivity contribution in [3.8, 4) is 11.5 Å². The third-order valence-electron chi connectivity index (χ3n) is 2.83. The molecule has 4 N–H and O–H groups in total. The molecule has 94 valence electrons. The minimum atomic E-state index is -0.461. The van der Waals surface area contributed by atoms with Gasteiger partial charge >= 0.3 is 0 Å². The molecule has 19 heavy (non-hydrogen) atoms. The summed E-state index contributed by atoms with van der Waals surface area (Å²) >= 11 is 0. The predicted octanol–water partition coefficient (Wildman–Crippen LogP) is 2.18. The van der Waals surface area contributed by atoms with Crippen LogP contribution >= 0.6 is 0 Å². The number of fused-ring (bicyclic) bond motifs is 1. The number of carbonyl (C=O) groups excluding carboxylic acids is 1. The standard InChI is InChI=1S/C14H11N3O2/c15-10-5-6-12-11(7-10)17-14(19-12)9-3-1-8(2-4-9)13(16)18/h1-7H,15H2,(H2,16,18). The molecule has 0 unspecified atom stereocenters. The Morgan fingerprint density at radius 2 is 1.84 bits per heavy atom. The molecule has 0 saturated carbocycles. The van der Waals surface area contributed by atoms with Crippen molar-refractivity contribution in [2.24, 2.45) is 5.73 Å². The van der Waals surface area contributed by atoms with E-state index in [0.717, 1.165) is 5.56 Å². The monoisotopic (exact) mass is 253 g/mol. The third-order valence-corrected chi connectivity index (χ3v) is 2.83. The predicted molar refractivity (Wildman–Crippen MR) is 72.4 cm³/mol. The number of aromatic nitrogens is 1. The van der Waals surface area contributed by atoms with Gasteiger partial charge in [0.15, 0.2) is 5.58 Å². The zero-order valence-corrected chi connectivity index (χ0v) is 9.96. The number of oxazole rings is 1. The lowest BCUT2D eigenvalue weighted by Crippen LogP contribution is -2.10. The molecule has 1 heterocycles. The Kier molecular flexibility index (Phi) is 2.45. The van der Waals surface area contributed by atoms with E-state index >= 15 is 0 Å². The smallest absolute Gasteiger partial charge is 0.248 e. The topological polar surface area (TPSA) is 95.1 Å². The molecule has 0 atom stereocenters. The van der Waals surface area contributed by atoms with Crippen LogP contribution in [0.3, 0.4) is 0 Å². The molecule has 5 heteroatoms. The first-order valence-corrected chi connectivity index (χ1v) is 5.70. The van der Waals surface area contributed by atoms with Crippen LogP contribution in [0.25, 0.3) is 22.6 Å². The lowest BCUT2D eigenvalue weighted by atomic mass is 10.1. The van der Waals surface area contributed by atoms with Crippen molar-refractivity contribution in [3.05, 3.63) is 48.0 Å². The molecule has 0 radical (unpaired) electrons. The summed E-state index contributed by atoms with van der Waals surface area (Å²) < 4.78 is 5.63. The van der Waals surface area contributed by atoms with Crippen LogP contribution in [0.15, 0.2) is 46.9 Å². The number of rotatable bonds is 2. The first-order chi connectivity index (χ1) is 9.13. The van der Waals surface area contributed by atoms with E-state index in [1.54, 1.807) is 42.5 Å². The summed E-state index contributed by atoms with van der Waals surface area (Å²) in [5.41, 5.74) is 14.1. The van der Waals surface area contributed by atoms with Crippen molar-refractivity contribution in [1.29, 1.82) is 0 Å². The Morgan fingerprint density at radius 1 is 1.11 bits per heavy atom. The van der Waals surface area contributed by atoms with E-state index in [1.165, 1.54) is 0 Å². The number of nitrogens with two attached hydrogens (primary N) is 2. The molecule has 1 amide bonds. The molecule has 3 rings (SSSR count). The quantitative estimate of drug-likeness (QED) is 0.684. The van der Waals surface area contributed by atoms with Gasteiger partial charge in [0.05, 0.1) is 0 Å². The van der Waals surface area contributed by atoms with Gasteiger partial charge in [-0.2, -0.15) is 0 Å². The molecule has 0 spiro atoms. The normalized spacial score (nSPS) is 10.7. The van der Waals surface area contributed by atoms with Gasteiger partial charge in [0.2, 0.25) is 11.8 Å². The lowest BCUT2D eigenvalue weighted by molar-refractivity contribution is 0.100. The van der Waals surface area contributed by atoms with Gasteiger partial charge in [-0.15, -0.1) is 0 Å². The highest BCUT2D eigenvalue weighted by Gasteiger charge is 2.09.